The van der Waals surface area contributed by atoms with E-state index in [1.165, 1.54) is 12.0 Å². The molecule has 4 heteroatoms. The van der Waals surface area contributed by atoms with E-state index in [0.29, 0.717) is 12.1 Å². The van der Waals surface area contributed by atoms with E-state index in [2.05, 4.69) is 34.7 Å². The molecule has 0 bridgehead atoms. The molecule has 1 fully saturated rings. The lowest BCUT2D eigenvalue weighted by molar-refractivity contribution is 0.0926. The van der Waals surface area contributed by atoms with E-state index in [-0.39, 0.29) is 11.3 Å². The monoisotopic (exact) mass is 297 g/mol. The van der Waals surface area contributed by atoms with Crippen molar-refractivity contribution in [2.45, 2.75) is 38.5 Å². The Morgan fingerprint density at radius 1 is 1.27 bits per heavy atom. The molecule has 4 nitrogen and oxygen atoms in total. The smallest absolute Gasteiger partial charge is 0.255 e. The van der Waals surface area contributed by atoms with Crippen LogP contribution in [0, 0.1) is 13.8 Å². The third-order valence-electron chi connectivity index (χ3n) is 5.02. The first-order valence-electron chi connectivity index (χ1n) is 7.87. The summed E-state index contributed by atoms with van der Waals surface area (Å²) in [6.07, 6.45) is 3.51. The van der Waals surface area contributed by atoms with E-state index in [1.54, 1.807) is 4.68 Å². The maximum absolute atomic E-state index is 12.6. The molecular formula is C18H23N3O. The molecule has 0 saturated heterocycles. The fourth-order valence-corrected chi connectivity index (χ4v) is 3.40. The Morgan fingerprint density at radius 2 is 1.95 bits per heavy atom. The van der Waals surface area contributed by atoms with E-state index >= 15 is 0 Å². The van der Waals surface area contributed by atoms with Crippen molar-refractivity contribution in [3.63, 3.8) is 0 Å². The van der Waals surface area contributed by atoms with Crippen LogP contribution in [-0.2, 0) is 12.5 Å². The minimum absolute atomic E-state index is 0.00898. The molecule has 1 aromatic heterocycles. The highest BCUT2D eigenvalue weighted by molar-refractivity contribution is 5.96. The highest BCUT2D eigenvalue weighted by atomic mass is 16.1. The Hall–Kier alpha value is -2.10. The van der Waals surface area contributed by atoms with Crippen LogP contribution in [0.25, 0.3) is 0 Å². The maximum atomic E-state index is 12.6. The van der Waals surface area contributed by atoms with Gasteiger partial charge in [-0.25, -0.2) is 0 Å². The zero-order valence-corrected chi connectivity index (χ0v) is 13.5. The summed E-state index contributed by atoms with van der Waals surface area (Å²) >= 11 is 0. The molecule has 116 valence electrons. The minimum Gasteiger partial charge on any atom is -0.351 e. The largest absolute Gasteiger partial charge is 0.351 e. The van der Waals surface area contributed by atoms with Gasteiger partial charge in [0.05, 0.1) is 11.3 Å². The van der Waals surface area contributed by atoms with Crippen LogP contribution in [0.2, 0.25) is 0 Å². The summed E-state index contributed by atoms with van der Waals surface area (Å²) in [5.41, 5.74) is 3.87. The fraction of sp³-hybridized carbons (Fsp3) is 0.444. The van der Waals surface area contributed by atoms with Crippen molar-refractivity contribution >= 4 is 5.91 Å². The number of carbonyl (C=O) groups is 1. The molecule has 0 spiro atoms. The molecule has 1 aliphatic rings. The molecule has 1 N–H and O–H groups in total. The lowest BCUT2D eigenvalue weighted by atomic mass is 9.64. The van der Waals surface area contributed by atoms with Gasteiger partial charge in [-0.1, -0.05) is 36.8 Å². The van der Waals surface area contributed by atoms with Crippen molar-refractivity contribution in [2.24, 2.45) is 7.05 Å². The molecule has 1 heterocycles. The van der Waals surface area contributed by atoms with Gasteiger partial charge in [0.15, 0.2) is 0 Å². The van der Waals surface area contributed by atoms with Gasteiger partial charge in [0.2, 0.25) is 0 Å². The fourth-order valence-electron chi connectivity index (χ4n) is 3.40. The Labute approximate surface area is 131 Å². The summed E-state index contributed by atoms with van der Waals surface area (Å²) < 4.78 is 1.76. The second-order valence-corrected chi connectivity index (χ2v) is 6.35. The van der Waals surface area contributed by atoms with Gasteiger partial charge in [-0.3, -0.25) is 9.48 Å². The van der Waals surface area contributed by atoms with Crippen molar-refractivity contribution in [1.29, 1.82) is 0 Å². The Kier molecular flexibility index (Phi) is 3.77. The average Bonchev–Trinajstić information content (AvgIpc) is 2.72. The zero-order valence-electron chi connectivity index (χ0n) is 13.5. The molecule has 0 atom stereocenters. The highest BCUT2D eigenvalue weighted by Crippen LogP contribution is 2.43. The molecule has 1 aromatic carbocycles. The van der Waals surface area contributed by atoms with Crippen molar-refractivity contribution in [1.82, 2.24) is 15.1 Å². The minimum atomic E-state index is -0.00898. The number of carbonyl (C=O) groups excluding carboxylic acids is 1. The molecule has 3 rings (SSSR count). The van der Waals surface area contributed by atoms with Crippen LogP contribution in [-0.4, -0.2) is 22.2 Å². The number of hydrogen-bond donors (Lipinski definition) is 1. The second-order valence-electron chi connectivity index (χ2n) is 6.35. The van der Waals surface area contributed by atoms with E-state index < -0.39 is 0 Å². The van der Waals surface area contributed by atoms with Crippen molar-refractivity contribution in [3.05, 3.63) is 52.8 Å². The van der Waals surface area contributed by atoms with Crippen LogP contribution in [0.4, 0.5) is 0 Å². The van der Waals surface area contributed by atoms with Crippen LogP contribution in [0.5, 0.6) is 0 Å². The number of hydrogen-bond acceptors (Lipinski definition) is 2. The Balaban J connectivity index is 1.75. The van der Waals surface area contributed by atoms with Gasteiger partial charge in [0.1, 0.15) is 0 Å². The van der Waals surface area contributed by atoms with Crippen LogP contribution in [0.3, 0.4) is 0 Å². The lowest BCUT2D eigenvalue weighted by Crippen LogP contribution is -2.45. The highest BCUT2D eigenvalue weighted by Gasteiger charge is 2.38. The molecule has 1 saturated carbocycles. The molecule has 0 unspecified atom stereocenters. The summed E-state index contributed by atoms with van der Waals surface area (Å²) in [7, 11) is 1.87. The van der Waals surface area contributed by atoms with Gasteiger partial charge in [-0.2, -0.15) is 5.10 Å². The first-order chi connectivity index (χ1) is 10.5. The molecule has 0 aliphatic heterocycles. The van der Waals surface area contributed by atoms with E-state index in [0.717, 1.165) is 24.2 Å². The first kappa shape index (κ1) is 14.8. The van der Waals surface area contributed by atoms with E-state index in [1.807, 2.05) is 27.0 Å². The van der Waals surface area contributed by atoms with Gasteiger partial charge < -0.3 is 5.32 Å². The van der Waals surface area contributed by atoms with Crippen LogP contribution in [0.1, 0.15) is 46.6 Å². The van der Waals surface area contributed by atoms with Gasteiger partial charge in [-0.05, 0) is 32.3 Å². The van der Waals surface area contributed by atoms with Crippen molar-refractivity contribution < 1.29 is 4.79 Å². The average molecular weight is 297 g/mol. The predicted molar refractivity (Wildman–Crippen MR) is 87.0 cm³/mol. The number of aromatic nitrogens is 2. The Morgan fingerprint density at radius 3 is 2.45 bits per heavy atom. The summed E-state index contributed by atoms with van der Waals surface area (Å²) in [5, 5.41) is 7.47. The summed E-state index contributed by atoms with van der Waals surface area (Å²) in [6, 6.07) is 10.5. The standard InChI is InChI=1S/C18H23N3O/c1-13-16(14(2)21(3)20-13)17(22)19-12-18(10-7-11-18)15-8-5-4-6-9-15/h4-6,8-9H,7,10-12H2,1-3H3,(H,19,22). The van der Waals surface area contributed by atoms with Crippen molar-refractivity contribution in [2.75, 3.05) is 6.54 Å². The van der Waals surface area contributed by atoms with Crippen molar-refractivity contribution in [3.8, 4) is 0 Å². The molecule has 0 radical (unpaired) electrons. The van der Waals surface area contributed by atoms with Crippen LogP contribution in [0.15, 0.2) is 30.3 Å². The number of rotatable bonds is 4. The third-order valence-corrected chi connectivity index (χ3v) is 5.02. The number of amides is 1. The first-order valence-corrected chi connectivity index (χ1v) is 7.87. The van der Waals surface area contributed by atoms with Crippen LogP contribution < -0.4 is 5.32 Å². The lowest BCUT2D eigenvalue weighted by Gasteiger charge is -2.42. The number of nitrogens with zero attached hydrogens (tertiary/aromatic N) is 2. The summed E-state index contributed by atoms with van der Waals surface area (Å²) in [5.74, 6) is -0.00898. The molecular weight excluding hydrogens is 274 g/mol. The van der Waals surface area contributed by atoms with Gasteiger partial charge in [-0.15, -0.1) is 0 Å². The molecule has 22 heavy (non-hydrogen) atoms. The maximum Gasteiger partial charge on any atom is 0.255 e. The number of aryl methyl sites for hydroxylation is 2. The normalized spacial score (nSPS) is 16.1. The molecule has 1 amide bonds. The molecule has 2 aromatic rings. The molecule has 1 aliphatic carbocycles. The SMILES string of the molecule is Cc1nn(C)c(C)c1C(=O)NCC1(c2ccccc2)CCC1. The number of nitrogens with one attached hydrogen (secondary N) is 1. The second kappa shape index (κ2) is 5.59. The van der Waals surface area contributed by atoms with Gasteiger partial charge >= 0.3 is 0 Å². The van der Waals surface area contributed by atoms with E-state index in [9.17, 15) is 4.79 Å². The van der Waals surface area contributed by atoms with Gasteiger partial charge in [0, 0.05) is 24.7 Å². The summed E-state index contributed by atoms with van der Waals surface area (Å²) in [6.45, 7) is 4.52. The Bertz CT molecular complexity index is 684. The van der Waals surface area contributed by atoms with Crippen LogP contribution >= 0.6 is 0 Å². The van der Waals surface area contributed by atoms with Gasteiger partial charge in [0.25, 0.3) is 5.91 Å². The van der Waals surface area contributed by atoms with E-state index in [4.69, 9.17) is 0 Å². The summed E-state index contributed by atoms with van der Waals surface area (Å²) in [4.78, 5) is 12.6. The topological polar surface area (TPSA) is 46.9 Å². The number of benzene rings is 1. The predicted octanol–water partition coefficient (Wildman–Crippen LogP) is 2.89. The third kappa shape index (κ3) is 2.43. The quantitative estimate of drug-likeness (QED) is 0.943. The zero-order chi connectivity index (χ0) is 15.7.